The molecule has 0 aliphatic heterocycles. The van der Waals surface area contributed by atoms with Gasteiger partial charge in [0.15, 0.2) is 0 Å². The predicted octanol–water partition coefficient (Wildman–Crippen LogP) is 2.64. The number of hydrogen-bond donors (Lipinski definition) is 1. The summed E-state index contributed by atoms with van der Waals surface area (Å²) in [5.74, 6) is 0.653. The van der Waals surface area contributed by atoms with E-state index in [-0.39, 0.29) is 6.10 Å². The van der Waals surface area contributed by atoms with Crippen LogP contribution in [0, 0.1) is 5.92 Å². The van der Waals surface area contributed by atoms with Crippen LogP contribution in [-0.4, -0.2) is 33.4 Å². The molecule has 0 aromatic heterocycles. The molecule has 1 N–H and O–H groups in total. The zero-order valence-corrected chi connectivity index (χ0v) is 11.7. The van der Waals surface area contributed by atoms with Gasteiger partial charge in [0.1, 0.15) is 0 Å². The van der Waals surface area contributed by atoms with Gasteiger partial charge in [0.25, 0.3) is 0 Å². The summed E-state index contributed by atoms with van der Waals surface area (Å²) in [4.78, 5) is 0. The molecule has 0 heterocycles. The molecule has 0 radical (unpaired) electrons. The molecule has 1 unspecified atom stereocenters. The molecule has 0 bridgehead atoms. The average Bonchev–Trinajstić information content (AvgIpc) is 2.38. The second kappa shape index (κ2) is 9.09. The topological polar surface area (TPSA) is 30.5 Å². The van der Waals surface area contributed by atoms with E-state index in [0.29, 0.717) is 19.1 Å². The second-order valence-electron chi connectivity index (χ2n) is 4.82. The molecule has 0 saturated carbocycles. The van der Waals surface area contributed by atoms with Crippen LogP contribution in [0.3, 0.4) is 0 Å². The molecule has 0 spiro atoms. The molecular formula is C15H25NO2. The first kappa shape index (κ1) is 15.2. The van der Waals surface area contributed by atoms with E-state index in [1.54, 1.807) is 7.11 Å². The highest BCUT2D eigenvalue weighted by molar-refractivity contribution is 5.17. The zero-order valence-electron chi connectivity index (χ0n) is 11.7. The van der Waals surface area contributed by atoms with E-state index < -0.39 is 0 Å². The van der Waals surface area contributed by atoms with Crippen molar-refractivity contribution in [3.05, 3.63) is 35.9 Å². The Bertz CT molecular complexity index is 301. The van der Waals surface area contributed by atoms with Crippen molar-refractivity contribution >= 4 is 0 Å². The van der Waals surface area contributed by atoms with Gasteiger partial charge in [-0.25, -0.2) is 0 Å². The molecule has 0 aliphatic rings. The van der Waals surface area contributed by atoms with Crippen LogP contribution < -0.4 is 5.32 Å². The Kier molecular flexibility index (Phi) is 7.65. The van der Waals surface area contributed by atoms with Gasteiger partial charge in [-0.2, -0.15) is 0 Å². The van der Waals surface area contributed by atoms with Crippen molar-refractivity contribution < 1.29 is 9.47 Å². The Hall–Kier alpha value is -0.900. The fourth-order valence-electron chi connectivity index (χ4n) is 1.72. The molecule has 0 amide bonds. The van der Waals surface area contributed by atoms with Gasteiger partial charge < -0.3 is 14.8 Å². The summed E-state index contributed by atoms with van der Waals surface area (Å²) in [6.45, 7) is 7.52. The lowest BCUT2D eigenvalue weighted by atomic mass is 10.1. The second-order valence-corrected chi connectivity index (χ2v) is 4.82. The quantitative estimate of drug-likeness (QED) is 0.684. The van der Waals surface area contributed by atoms with Crippen LogP contribution in [0.1, 0.15) is 25.5 Å². The van der Waals surface area contributed by atoms with Gasteiger partial charge in [-0.3, -0.25) is 0 Å². The third-order valence-corrected chi connectivity index (χ3v) is 2.66. The molecule has 1 atom stereocenters. The van der Waals surface area contributed by atoms with Crippen LogP contribution in [0.25, 0.3) is 0 Å². The van der Waals surface area contributed by atoms with Crippen molar-refractivity contribution in [3.63, 3.8) is 0 Å². The fourth-order valence-corrected chi connectivity index (χ4v) is 1.72. The number of ether oxygens (including phenoxy) is 2. The van der Waals surface area contributed by atoms with Crippen molar-refractivity contribution in [2.75, 3.05) is 33.4 Å². The fraction of sp³-hybridized carbons (Fsp3) is 0.600. The Labute approximate surface area is 110 Å². The smallest absolute Gasteiger partial charge is 0.0950 e. The average molecular weight is 251 g/mol. The van der Waals surface area contributed by atoms with Gasteiger partial charge in [0.2, 0.25) is 0 Å². The maximum absolute atomic E-state index is 5.86. The highest BCUT2D eigenvalue weighted by atomic mass is 16.5. The lowest BCUT2D eigenvalue weighted by molar-refractivity contribution is 0.0164. The van der Waals surface area contributed by atoms with Crippen LogP contribution in [-0.2, 0) is 9.47 Å². The standard InChI is InChI=1S/C15H25NO2/c1-13(2)11-16-12-15(18-10-9-17-3)14-7-5-4-6-8-14/h4-8,13,15-16H,9-12H2,1-3H3. The minimum atomic E-state index is 0.0973. The van der Waals surface area contributed by atoms with Gasteiger partial charge >= 0.3 is 0 Å². The van der Waals surface area contributed by atoms with Crippen LogP contribution in [0.5, 0.6) is 0 Å². The first-order chi connectivity index (χ1) is 8.74. The summed E-state index contributed by atoms with van der Waals surface area (Å²) >= 11 is 0. The summed E-state index contributed by atoms with van der Waals surface area (Å²) in [5, 5.41) is 3.44. The Morgan fingerprint density at radius 2 is 1.78 bits per heavy atom. The van der Waals surface area contributed by atoms with E-state index >= 15 is 0 Å². The van der Waals surface area contributed by atoms with Gasteiger partial charge in [0, 0.05) is 13.7 Å². The molecule has 1 aromatic rings. The first-order valence-electron chi connectivity index (χ1n) is 6.60. The Morgan fingerprint density at radius 3 is 2.39 bits per heavy atom. The van der Waals surface area contributed by atoms with E-state index in [9.17, 15) is 0 Å². The Balaban J connectivity index is 2.47. The van der Waals surface area contributed by atoms with Gasteiger partial charge in [-0.05, 0) is 18.0 Å². The molecule has 0 fully saturated rings. The van der Waals surface area contributed by atoms with E-state index in [2.05, 4.69) is 31.3 Å². The van der Waals surface area contributed by atoms with Gasteiger partial charge in [-0.15, -0.1) is 0 Å². The van der Waals surface area contributed by atoms with E-state index in [4.69, 9.17) is 9.47 Å². The van der Waals surface area contributed by atoms with Crippen LogP contribution in [0.15, 0.2) is 30.3 Å². The molecule has 1 aromatic carbocycles. The molecule has 18 heavy (non-hydrogen) atoms. The monoisotopic (exact) mass is 251 g/mol. The largest absolute Gasteiger partial charge is 0.382 e. The summed E-state index contributed by atoms with van der Waals surface area (Å²) < 4.78 is 10.9. The van der Waals surface area contributed by atoms with Crippen molar-refractivity contribution in [1.29, 1.82) is 0 Å². The maximum Gasteiger partial charge on any atom is 0.0950 e. The van der Waals surface area contributed by atoms with Crippen molar-refractivity contribution in [2.45, 2.75) is 20.0 Å². The zero-order chi connectivity index (χ0) is 13.2. The maximum atomic E-state index is 5.86. The van der Waals surface area contributed by atoms with Crippen molar-refractivity contribution in [1.82, 2.24) is 5.32 Å². The predicted molar refractivity (Wildman–Crippen MR) is 74.7 cm³/mol. The number of benzene rings is 1. The van der Waals surface area contributed by atoms with Crippen LogP contribution in [0.4, 0.5) is 0 Å². The van der Waals surface area contributed by atoms with Gasteiger partial charge in [0.05, 0.1) is 19.3 Å². The minimum Gasteiger partial charge on any atom is -0.382 e. The third-order valence-electron chi connectivity index (χ3n) is 2.66. The van der Waals surface area contributed by atoms with Crippen LogP contribution >= 0.6 is 0 Å². The summed E-state index contributed by atoms with van der Waals surface area (Å²) in [6, 6.07) is 10.3. The lowest BCUT2D eigenvalue weighted by Gasteiger charge is -2.19. The number of nitrogens with one attached hydrogen (secondary N) is 1. The molecular weight excluding hydrogens is 226 g/mol. The first-order valence-corrected chi connectivity index (χ1v) is 6.60. The number of rotatable bonds is 9. The molecule has 3 heteroatoms. The normalized spacial score (nSPS) is 12.9. The Morgan fingerprint density at radius 1 is 1.06 bits per heavy atom. The minimum absolute atomic E-state index is 0.0973. The van der Waals surface area contributed by atoms with Crippen LogP contribution in [0.2, 0.25) is 0 Å². The third kappa shape index (κ3) is 6.15. The summed E-state index contributed by atoms with van der Waals surface area (Å²) in [6.07, 6.45) is 0.0973. The summed E-state index contributed by atoms with van der Waals surface area (Å²) in [5.41, 5.74) is 1.21. The highest BCUT2D eigenvalue weighted by Crippen LogP contribution is 2.16. The van der Waals surface area contributed by atoms with E-state index in [1.165, 1.54) is 5.56 Å². The number of hydrogen-bond acceptors (Lipinski definition) is 3. The van der Waals surface area contributed by atoms with Gasteiger partial charge in [-0.1, -0.05) is 44.2 Å². The molecule has 3 nitrogen and oxygen atoms in total. The molecule has 1 rings (SSSR count). The van der Waals surface area contributed by atoms with Crippen molar-refractivity contribution in [3.8, 4) is 0 Å². The van der Waals surface area contributed by atoms with E-state index in [0.717, 1.165) is 13.1 Å². The lowest BCUT2D eigenvalue weighted by Crippen LogP contribution is -2.27. The SMILES string of the molecule is COCCOC(CNCC(C)C)c1ccccc1. The molecule has 102 valence electrons. The molecule has 0 saturated heterocycles. The van der Waals surface area contributed by atoms with Crippen molar-refractivity contribution in [2.24, 2.45) is 5.92 Å². The highest BCUT2D eigenvalue weighted by Gasteiger charge is 2.11. The van der Waals surface area contributed by atoms with E-state index in [1.807, 2.05) is 18.2 Å². The number of methoxy groups -OCH3 is 1. The molecule has 0 aliphatic carbocycles. The summed E-state index contributed by atoms with van der Waals surface area (Å²) in [7, 11) is 1.69.